The summed E-state index contributed by atoms with van der Waals surface area (Å²) in [6.07, 6.45) is 1.85. The van der Waals surface area contributed by atoms with Crippen molar-refractivity contribution in [2.75, 3.05) is 65.6 Å². The number of amides is 1. The smallest absolute Gasteiger partial charge is 0.254 e. The Hall–Kier alpha value is -2.88. The summed E-state index contributed by atoms with van der Waals surface area (Å²) in [6.45, 7) is 18.2. The molecule has 7 nitrogen and oxygen atoms in total. The van der Waals surface area contributed by atoms with Crippen LogP contribution in [0.3, 0.4) is 0 Å². The molecule has 3 heterocycles. The molecule has 2 aromatic carbocycles. The minimum atomic E-state index is -0.413. The highest BCUT2D eigenvalue weighted by Gasteiger charge is 2.36. The summed E-state index contributed by atoms with van der Waals surface area (Å²) in [5.74, 6) is 0.316. The molecule has 9 heteroatoms. The molecule has 2 fully saturated rings. The van der Waals surface area contributed by atoms with Gasteiger partial charge < -0.3 is 4.90 Å². The number of halogens is 2. The molecule has 0 N–H and O–H groups in total. The van der Waals surface area contributed by atoms with Crippen LogP contribution in [0.5, 0.6) is 0 Å². The lowest BCUT2D eigenvalue weighted by Gasteiger charge is -2.48. The Balaban J connectivity index is 1.40. The quantitative estimate of drug-likeness (QED) is 0.303. The fraction of sp³-hybridized carbons (Fsp3) is 0.588. The van der Waals surface area contributed by atoms with Gasteiger partial charge in [-0.15, -0.1) is 0 Å². The Morgan fingerprint density at radius 1 is 1.02 bits per heavy atom. The number of carbonyl (C=O) groups excluding carboxylic acids is 1. The normalized spacial score (nSPS) is 18.1. The average Bonchev–Trinajstić information content (AvgIpc) is 3.33. The predicted octanol–water partition coefficient (Wildman–Crippen LogP) is 5.26. The lowest BCUT2D eigenvalue weighted by atomic mass is 9.84. The van der Waals surface area contributed by atoms with Crippen LogP contribution in [0.25, 0.3) is 22.0 Å². The summed E-state index contributed by atoms with van der Waals surface area (Å²) < 4.78 is 29.2. The molecule has 0 unspecified atom stereocenters. The third-order valence-electron chi connectivity index (χ3n) is 9.55. The van der Waals surface area contributed by atoms with Crippen LogP contribution in [-0.2, 0) is 7.05 Å². The fourth-order valence-electron chi connectivity index (χ4n) is 6.88. The first-order valence-electron chi connectivity index (χ1n) is 15.9. The summed E-state index contributed by atoms with van der Waals surface area (Å²) in [7, 11) is 1.94. The number of alkyl halides is 1. The van der Waals surface area contributed by atoms with E-state index >= 15 is 0 Å². The van der Waals surface area contributed by atoms with E-state index < -0.39 is 5.82 Å². The molecule has 234 valence electrons. The zero-order chi connectivity index (χ0) is 30.8. The summed E-state index contributed by atoms with van der Waals surface area (Å²) in [5, 5.41) is 5.51. The SMILES string of the molecule is CCN(C(=O)c1cc(F)ccc1-c1cc(C2CN([C@H](CN3CCN(CCF)CC3)C(C)C)C2)cc2c1cnn2C)C(C)C. The first kappa shape index (κ1) is 31.5. The van der Waals surface area contributed by atoms with Crippen LogP contribution in [0.4, 0.5) is 8.78 Å². The van der Waals surface area contributed by atoms with E-state index in [0.717, 1.165) is 67.8 Å². The first-order valence-corrected chi connectivity index (χ1v) is 15.9. The number of benzene rings is 2. The minimum absolute atomic E-state index is 0.00670. The molecule has 5 rings (SSSR count). The Morgan fingerprint density at radius 3 is 2.35 bits per heavy atom. The van der Waals surface area contributed by atoms with Gasteiger partial charge in [-0.2, -0.15) is 5.10 Å². The van der Waals surface area contributed by atoms with Crippen LogP contribution in [0.15, 0.2) is 36.5 Å². The van der Waals surface area contributed by atoms with Crippen molar-refractivity contribution in [3.63, 3.8) is 0 Å². The molecule has 0 radical (unpaired) electrons. The summed E-state index contributed by atoms with van der Waals surface area (Å²) in [6, 6.07) is 9.48. The standard InChI is InChI=1S/C34H48F2N6O/c1-7-42(24(4)5)34(43)30-18-27(36)8-9-28(30)29-16-25(17-32-31(29)19-37-38(32)6)26-20-41(21-26)33(23(2)3)22-40-14-12-39(11-10-35)13-15-40/h8-9,16-19,23-24,26,33H,7,10-15,20-22H2,1-6H3/t33-/m1/s1. The number of nitrogens with zero attached hydrogens (tertiary/aromatic N) is 6. The van der Waals surface area contributed by atoms with Crippen molar-refractivity contribution in [2.45, 2.75) is 52.6 Å². The number of aryl methyl sites for hydroxylation is 1. The van der Waals surface area contributed by atoms with Crippen LogP contribution in [0, 0.1) is 11.7 Å². The molecule has 2 aliphatic rings. The van der Waals surface area contributed by atoms with E-state index in [9.17, 15) is 13.6 Å². The van der Waals surface area contributed by atoms with Crippen molar-refractivity contribution in [1.82, 2.24) is 29.4 Å². The van der Waals surface area contributed by atoms with E-state index in [4.69, 9.17) is 0 Å². The zero-order valence-electron chi connectivity index (χ0n) is 26.7. The van der Waals surface area contributed by atoms with E-state index in [0.29, 0.717) is 36.5 Å². The molecule has 0 aliphatic carbocycles. The average molecular weight is 595 g/mol. The Bertz CT molecular complexity index is 1410. The topological polar surface area (TPSA) is 47.9 Å². The van der Waals surface area contributed by atoms with Gasteiger partial charge in [0.15, 0.2) is 0 Å². The van der Waals surface area contributed by atoms with Crippen molar-refractivity contribution in [1.29, 1.82) is 0 Å². The lowest BCUT2D eigenvalue weighted by Crippen LogP contribution is -2.58. The molecule has 1 atom stereocenters. The number of rotatable bonds is 11. The van der Waals surface area contributed by atoms with E-state index in [-0.39, 0.29) is 18.6 Å². The van der Waals surface area contributed by atoms with Gasteiger partial charge in [0.25, 0.3) is 5.91 Å². The van der Waals surface area contributed by atoms with Crippen LogP contribution in [0.2, 0.25) is 0 Å². The van der Waals surface area contributed by atoms with E-state index in [1.165, 1.54) is 17.7 Å². The Kier molecular flexibility index (Phi) is 9.83. The Morgan fingerprint density at radius 2 is 1.72 bits per heavy atom. The molecule has 3 aromatic rings. The zero-order valence-corrected chi connectivity index (χ0v) is 26.7. The molecule has 1 amide bonds. The number of piperazine rings is 1. The monoisotopic (exact) mass is 594 g/mol. The van der Waals surface area contributed by atoms with Gasteiger partial charge in [-0.3, -0.25) is 24.2 Å². The van der Waals surface area contributed by atoms with Crippen molar-refractivity contribution in [2.24, 2.45) is 13.0 Å². The maximum atomic E-state index is 14.6. The van der Waals surface area contributed by atoms with Gasteiger partial charge in [-0.05, 0) is 67.6 Å². The molecule has 0 spiro atoms. The van der Waals surface area contributed by atoms with Crippen molar-refractivity contribution < 1.29 is 13.6 Å². The van der Waals surface area contributed by atoms with E-state index in [1.54, 1.807) is 11.0 Å². The van der Waals surface area contributed by atoms with Gasteiger partial charge in [-0.25, -0.2) is 8.78 Å². The summed E-state index contributed by atoms with van der Waals surface area (Å²) >= 11 is 0. The highest BCUT2D eigenvalue weighted by Crippen LogP contribution is 2.38. The highest BCUT2D eigenvalue weighted by molar-refractivity contribution is 6.05. The lowest BCUT2D eigenvalue weighted by molar-refractivity contribution is 0.0266. The number of hydrogen-bond donors (Lipinski definition) is 0. The molecule has 43 heavy (non-hydrogen) atoms. The van der Waals surface area contributed by atoms with Gasteiger partial charge in [-0.1, -0.05) is 19.9 Å². The number of carbonyl (C=O) groups is 1. The van der Waals surface area contributed by atoms with Crippen LogP contribution in [0.1, 0.15) is 56.5 Å². The maximum Gasteiger partial charge on any atom is 0.254 e. The minimum Gasteiger partial charge on any atom is -0.336 e. The molecule has 2 saturated heterocycles. The summed E-state index contributed by atoms with van der Waals surface area (Å²) in [4.78, 5) is 22.8. The largest absolute Gasteiger partial charge is 0.336 e. The molecule has 2 aliphatic heterocycles. The van der Waals surface area contributed by atoms with Crippen molar-refractivity contribution in [3.8, 4) is 11.1 Å². The van der Waals surface area contributed by atoms with E-state index in [1.807, 2.05) is 38.7 Å². The van der Waals surface area contributed by atoms with Crippen LogP contribution in [-0.4, -0.2) is 113 Å². The number of fused-ring (bicyclic) bond motifs is 1. The van der Waals surface area contributed by atoms with Gasteiger partial charge >= 0.3 is 0 Å². The molecular weight excluding hydrogens is 546 g/mol. The second kappa shape index (κ2) is 13.4. The molecular formula is C34H48F2N6O. The second-order valence-electron chi connectivity index (χ2n) is 12.9. The van der Waals surface area contributed by atoms with Crippen molar-refractivity contribution in [3.05, 3.63) is 53.5 Å². The van der Waals surface area contributed by atoms with Crippen LogP contribution >= 0.6 is 0 Å². The molecule has 0 saturated carbocycles. The van der Waals surface area contributed by atoms with E-state index in [2.05, 4.69) is 45.8 Å². The molecule has 0 bridgehead atoms. The highest BCUT2D eigenvalue weighted by atomic mass is 19.1. The third kappa shape index (κ3) is 6.64. The third-order valence-corrected chi connectivity index (χ3v) is 9.55. The van der Waals surface area contributed by atoms with Gasteiger partial charge in [0.1, 0.15) is 12.5 Å². The second-order valence-corrected chi connectivity index (χ2v) is 12.9. The Labute approximate surface area is 255 Å². The van der Waals surface area contributed by atoms with Gasteiger partial charge in [0.2, 0.25) is 0 Å². The fourth-order valence-corrected chi connectivity index (χ4v) is 6.88. The van der Waals surface area contributed by atoms with Crippen molar-refractivity contribution >= 4 is 16.8 Å². The van der Waals surface area contributed by atoms with Gasteiger partial charge in [0, 0.05) is 89.3 Å². The molecule has 1 aromatic heterocycles. The number of aromatic nitrogens is 2. The number of hydrogen-bond acceptors (Lipinski definition) is 5. The maximum absolute atomic E-state index is 14.6. The first-order chi connectivity index (χ1) is 20.6. The number of likely N-dealkylation sites (tertiary alicyclic amines) is 1. The predicted molar refractivity (Wildman–Crippen MR) is 170 cm³/mol. The summed E-state index contributed by atoms with van der Waals surface area (Å²) in [5.41, 5.74) is 4.29. The van der Waals surface area contributed by atoms with Gasteiger partial charge in [0.05, 0.1) is 17.3 Å². The van der Waals surface area contributed by atoms with Crippen LogP contribution < -0.4 is 0 Å².